The lowest BCUT2D eigenvalue weighted by atomic mass is 10.0. The molecule has 5 heteroatoms. The zero-order chi connectivity index (χ0) is 16.3. The number of rotatable bonds is 4. The molecule has 3 rings (SSSR count). The van der Waals surface area contributed by atoms with Crippen molar-refractivity contribution in [1.82, 2.24) is 4.31 Å². The summed E-state index contributed by atoms with van der Waals surface area (Å²) in [5, 5.41) is 0. The molecule has 0 N–H and O–H groups in total. The lowest BCUT2D eigenvalue weighted by molar-refractivity contribution is 0.112. The van der Waals surface area contributed by atoms with Gasteiger partial charge in [0.15, 0.2) is 0 Å². The second-order valence-corrected chi connectivity index (χ2v) is 7.67. The highest BCUT2D eigenvalue weighted by molar-refractivity contribution is 7.89. The molecule has 0 amide bonds. The number of nitrogens with zero attached hydrogens (tertiary/aromatic N) is 1. The molecule has 120 valence electrons. The van der Waals surface area contributed by atoms with Crippen LogP contribution in [0.2, 0.25) is 0 Å². The maximum atomic E-state index is 12.6. The zero-order valence-electron chi connectivity index (χ0n) is 12.8. The van der Waals surface area contributed by atoms with Gasteiger partial charge in [0, 0.05) is 18.7 Å². The molecule has 0 saturated carbocycles. The third-order valence-electron chi connectivity index (χ3n) is 4.19. The van der Waals surface area contributed by atoms with E-state index in [0.717, 1.165) is 36.7 Å². The Morgan fingerprint density at radius 3 is 1.83 bits per heavy atom. The summed E-state index contributed by atoms with van der Waals surface area (Å²) >= 11 is 0. The minimum atomic E-state index is -3.38. The fourth-order valence-electron chi connectivity index (χ4n) is 2.83. The molecule has 2 aromatic rings. The van der Waals surface area contributed by atoms with E-state index in [2.05, 4.69) is 0 Å². The van der Waals surface area contributed by atoms with E-state index in [1.54, 1.807) is 28.6 Å². The third-order valence-corrected chi connectivity index (χ3v) is 6.10. The maximum absolute atomic E-state index is 12.6. The van der Waals surface area contributed by atoms with Gasteiger partial charge in [-0.15, -0.1) is 0 Å². The van der Waals surface area contributed by atoms with E-state index in [1.807, 2.05) is 24.3 Å². The summed E-state index contributed by atoms with van der Waals surface area (Å²) < 4.78 is 26.8. The third kappa shape index (κ3) is 3.35. The van der Waals surface area contributed by atoms with Crippen LogP contribution in [0, 0.1) is 0 Å². The van der Waals surface area contributed by atoms with Crippen molar-refractivity contribution >= 4 is 16.3 Å². The normalized spacial score (nSPS) is 16.2. The number of benzene rings is 2. The summed E-state index contributed by atoms with van der Waals surface area (Å²) in [6, 6.07) is 14.2. The van der Waals surface area contributed by atoms with Gasteiger partial charge in [-0.3, -0.25) is 4.79 Å². The Morgan fingerprint density at radius 1 is 0.783 bits per heavy atom. The number of piperidine rings is 1. The minimum absolute atomic E-state index is 0.340. The van der Waals surface area contributed by atoms with Gasteiger partial charge in [0.05, 0.1) is 4.90 Å². The number of hydrogen-bond acceptors (Lipinski definition) is 3. The van der Waals surface area contributed by atoms with Crippen LogP contribution in [0.1, 0.15) is 29.6 Å². The number of carbonyl (C=O) groups is 1. The minimum Gasteiger partial charge on any atom is -0.298 e. The van der Waals surface area contributed by atoms with Gasteiger partial charge in [-0.25, -0.2) is 8.42 Å². The molecule has 0 spiro atoms. The van der Waals surface area contributed by atoms with Crippen LogP contribution in [0.4, 0.5) is 0 Å². The first kappa shape index (κ1) is 15.9. The number of sulfonamides is 1. The highest BCUT2D eigenvalue weighted by Crippen LogP contribution is 2.24. The molecule has 1 saturated heterocycles. The highest BCUT2D eigenvalue weighted by atomic mass is 32.2. The molecular formula is C18H19NO3S. The highest BCUT2D eigenvalue weighted by Gasteiger charge is 2.25. The fraction of sp³-hybridized carbons (Fsp3) is 0.278. The molecule has 1 heterocycles. The first-order valence-corrected chi connectivity index (χ1v) is 9.21. The Kier molecular flexibility index (Phi) is 4.59. The fourth-order valence-corrected chi connectivity index (χ4v) is 4.34. The Labute approximate surface area is 136 Å². The standard InChI is InChI=1S/C18H19NO3S/c20-14-15-4-6-16(7-5-15)17-8-10-18(11-9-17)23(21,22)19-12-2-1-3-13-19/h4-11,14H,1-3,12-13H2. The number of carbonyl (C=O) groups excluding carboxylic acids is 1. The van der Waals surface area contributed by atoms with E-state index in [-0.39, 0.29) is 0 Å². The molecule has 0 radical (unpaired) electrons. The van der Waals surface area contributed by atoms with E-state index in [1.165, 1.54) is 0 Å². The van der Waals surface area contributed by atoms with Gasteiger partial charge in [0.25, 0.3) is 0 Å². The molecule has 0 unspecified atom stereocenters. The molecule has 4 nitrogen and oxygen atoms in total. The average Bonchev–Trinajstić information content (AvgIpc) is 2.63. The van der Waals surface area contributed by atoms with Gasteiger partial charge in [-0.05, 0) is 36.1 Å². The van der Waals surface area contributed by atoms with Crippen molar-refractivity contribution in [3.05, 3.63) is 54.1 Å². The summed E-state index contributed by atoms with van der Waals surface area (Å²) in [4.78, 5) is 11.0. The molecule has 0 bridgehead atoms. The van der Waals surface area contributed by atoms with Crippen LogP contribution in [0.3, 0.4) is 0 Å². The summed E-state index contributed by atoms with van der Waals surface area (Å²) in [6.45, 7) is 1.22. The van der Waals surface area contributed by atoms with Crippen LogP contribution in [0.15, 0.2) is 53.4 Å². The van der Waals surface area contributed by atoms with Crippen molar-refractivity contribution in [3.63, 3.8) is 0 Å². The molecule has 1 aliphatic heterocycles. The number of aldehydes is 1. The van der Waals surface area contributed by atoms with Crippen LogP contribution >= 0.6 is 0 Å². The lowest BCUT2D eigenvalue weighted by Crippen LogP contribution is -2.35. The first-order chi connectivity index (χ1) is 11.1. The van der Waals surface area contributed by atoms with Crippen LogP contribution in [0.25, 0.3) is 11.1 Å². The summed E-state index contributed by atoms with van der Waals surface area (Å²) in [5.74, 6) is 0. The molecule has 23 heavy (non-hydrogen) atoms. The van der Waals surface area contributed by atoms with Crippen molar-refractivity contribution < 1.29 is 13.2 Å². The van der Waals surface area contributed by atoms with E-state index in [9.17, 15) is 13.2 Å². The van der Waals surface area contributed by atoms with Gasteiger partial charge in [0.2, 0.25) is 10.0 Å². The molecule has 0 aliphatic carbocycles. The number of hydrogen-bond donors (Lipinski definition) is 0. The first-order valence-electron chi connectivity index (χ1n) is 7.77. The van der Waals surface area contributed by atoms with E-state index in [4.69, 9.17) is 0 Å². The molecular weight excluding hydrogens is 310 g/mol. The Morgan fingerprint density at radius 2 is 1.30 bits per heavy atom. The average molecular weight is 329 g/mol. The van der Waals surface area contributed by atoms with Gasteiger partial charge in [0.1, 0.15) is 6.29 Å². The van der Waals surface area contributed by atoms with Gasteiger partial charge in [-0.2, -0.15) is 4.31 Å². The quantitative estimate of drug-likeness (QED) is 0.808. The van der Waals surface area contributed by atoms with Crippen molar-refractivity contribution in [2.75, 3.05) is 13.1 Å². The summed E-state index contributed by atoms with van der Waals surface area (Å²) in [5.41, 5.74) is 2.51. The van der Waals surface area contributed by atoms with Crippen LogP contribution in [-0.2, 0) is 10.0 Å². The monoisotopic (exact) mass is 329 g/mol. The van der Waals surface area contributed by atoms with Gasteiger partial charge >= 0.3 is 0 Å². The van der Waals surface area contributed by atoms with Crippen LogP contribution < -0.4 is 0 Å². The topological polar surface area (TPSA) is 54.5 Å². The van der Waals surface area contributed by atoms with Crippen molar-refractivity contribution in [2.45, 2.75) is 24.2 Å². The van der Waals surface area contributed by atoms with Gasteiger partial charge < -0.3 is 0 Å². The predicted octanol–water partition coefficient (Wildman–Crippen LogP) is 3.34. The second kappa shape index (κ2) is 6.64. The van der Waals surface area contributed by atoms with Gasteiger partial charge in [-0.1, -0.05) is 42.8 Å². The Balaban J connectivity index is 1.84. The predicted molar refractivity (Wildman–Crippen MR) is 89.9 cm³/mol. The summed E-state index contributed by atoms with van der Waals surface area (Å²) in [6.07, 6.45) is 3.76. The van der Waals surface area contributed by atoms with Crippen LogP contribution in [0.5, 0.6) is 0 Å². The van der Waals surface area contributed by atoms with Crippen molar-refractivity contribution in [3.8, 4) is 11.1 Å². The lowest BCUT2D eigenvalue weighted by Gasteiger charge is -2.25. The Bertz CT molecular complexity index is 774. The van der Waals surface area contributed by atoms with Crippen LogP contribution in [-0.4, -0.2) is 32.1 Å². The second-order valence-electron chi connectivity index (χ2n) is 5.73. The van der Waals surface area contributed by atoms with E-state index >= 15 is 0 Å². The maximum Gasteiger partial charge on any atom is 0.243 e. The molecule has 0 atom stereocenters. The van der Waals surface area contributed by atoms with Crippen molar-refractivity contribution in [1.29, 1.82) is 0 Å². The zero-order valence-corrected chi connectivity index (χ0v) is 13.6. The van der Waals surface area contributed by atoms with Crippen molar-refractivity contribution in [2.24, 2.45) is 0 Å². The molecule has 1 aliphatic rings. The largest absolute Gasteiger partial charge is 0.298 e. The molecule has 2 aromatic carbocycles. The molecule has 1 fully saturated rings. The van der Waals surface area contributed by atoms with E-state index < -0.39 is 10.0 Å². The Hall–Kier alpha value is -1.98. The smallest absolute Gasteiger partial charge is 0.243 e. The molecule has 0 aromatic heterocycles. The summed E-state index contributed by atoms with van der Waals surface area (Å²) in [7, 11) is -3.38. The van der Waals surface area contributed by atoms with E-state index in [0.29, 0.717) is 23.5 Å². The SMILES string of the molecule is O=Cc1ccc(-c2ccc(S(=O)(=O)N3CCCCC3)cc2)cc1.